The second-order valence-corrected chi connectivity index (χ2v) is 10.4. The summed E-state index contributed by atoms with van der Waals surface area (Å²) >= 11 is 0. The molecule has 2 aromatic heterocycles. The second kappa shape index (κ2) is 10.6. The number of fused-ring (bicyclic) bond motifs is 1. The van der Waals surface area contributed by atoms with Crippen molar-refractivity contribution in [2.24, 2.45) is 0 Å². The van der Waals surface area contributed by atoms with Crippen LogP contribution in [0.3, 0.4) is 0 Å². The molecule has 0 amide bonds. The van der Waals surface area contributed by atoms with Gasteiger partial charge in [-0.05, 0) is 37.8 Å². The molecule has 0 aliphatic heterocycles. The summed E-state index contributed by atoms with van der Waals surface area (Å²) in [5.74, 6) is 1.85. The van der Waals surface area contributed by atoms with Crippen molar-refractivity contribution in [2.75, 3.05) is 32.6 Å². The molecule has 0 saturated heterocycles. The van der Waals surface area contributed by atoms with Crippen molar-refractivity contribution in [3.63, 3.8) is 0 Å². The smallest absolute Gasteiger partial charge is 0.279 e. The van der Waals surface area contributed by atoms with E-state index in [-0.39, 0.29) is 18.7 Å². The molecular formula is C22H31N7O4S. The summed E-state index contributed by atoms with van der Waals surface area (Å²) in [5.41, 5.74) is 0.861. The zero-order valence-electron chi connectivity index (χ0n) is 19.4. The number of benzene rings is 1. The van der Waals surface area contributed by atoms with Gasteiger partial charge in [0.2, 0.25) is 5.95 Å². The molecule has 3 N–H and O–H groups in total. The van der Waals surface area contributed by atoms with Gasteiger partial charge in [0.25, 0.3) is 10.2 Å². The molecule has 1 aliphatic rings. The van der Waals surface area contributed by atoms with E-state index in [1.807, 2.05) is 18.2 Å². The molecule has 0 unspecified atom stereocenters. The number of ether oxygens (including phenoxy) is 1. The summed E-state index contributed by atoms with van der Waals surface area (Å²) < 4.78 is 35.6. The Morgan fingerprint density at radius 3 is 2.68 bits per heavy atom. The standard InChI is InChI=1S/C22H31N7O4S/c1-28(2)34(31,32)27-17-9-7-16(8-10-17)25-22-23-12-11-21(26-22)29-19-5-3-6-20(18(19)15-24-29)33-14-4-13-30/h3,5-6,11-12,15-17,27,30H,4,7-10,13-14H2,1-2H3,(H,23,25,26)/t16-,17-. The Labute approximate surface area is 199 Å². The molecule has 184 valence electrons. The van der Waals surface area contributed by atoms with Crippen LogP contribution in [0.15, 0.2) is 36.7 Å². The van der Waals surface area contributed by atoms with Gasteiger partial charge in [-0.3, -0.25) is 0 Å². The number of aliphatic hydroxyl groups is 1. The van der Waals surface area contributed by atoms with E-state index in [0.29, 0.717) is 30.5 Å². The fourth-order valence-electron chi connectivity index (χ4n) is 3.97. The van der Waals surface area contributed by atoms with Crippen molar-refractivity contribution in [1.29, 1.82) is 0 Å². The fourth-order valence-corrected chi connectivity index (χ4v) is 4.84. The highest BCUT2D eigenvalue weighted by Gasteiger charge is 2.26. The zero-order chi connectivity index (χ0) is 24.1. The largest absolute Gasteiger partial charge is 0.493 e. The summed E-state index contributed by atoms with van der Waals surface area (Å²) in [7, 11) is -0.381. The molecule has 0 spiro atoms. The van der Waals surface area contributed by atoms with Gasteiger partial charge >= 0.3 is 0 Å². The van der Waals surface area contributed by atoms with Crippen molar-refractivity contribution >= 4 is 27.1 Å². The van der Waals surface area contributed by atoms with Gasteiger partial charge in [-0.2, -0.15) is 27.5 Å². The third-order valence-electron chi connectivity index (χ3n) is 5.85. The lowest BCUT2D eigenvalue weighted by Gasteiger charge is -2.30. The van der Waals surface area contributed by atoms with E-state index in [2.05, 4.69) is 25.1 Å². The van der Waals surface area contributed by atoms with Gasteiger partial charge in [0, 0.05) is 51.5 Å². The summed E-state index contributed by atoms with van der Waals surface area (Å²) in [4.78, 5) is 9.02. The van der Waals surface area contributed by atoms with Crippen LogP contribution < -0.4 is 14.8 Å². The molecule has 12 heteroatoms. The molecule has 0 atom stereocenters. The Bertz CT molecular complexity index is 1210. The first-order valence-electron chi connectivity index (χ1n) is 11.4. The van der Waals surface area contributed by atoms with Crippen molar-refractivity contribution in [1.82, 2.24) is 28.8 Å². The van der Waals surface area contributed by atoms with Crippen molar-refractivity contribution in [3.05, 3.63) is 36.7 Å². The third kappa shape index (κ3) is 5.63. The highest BCUT2D eigenvalue weighted by Crippen LogP contribution is 2.27. The van der Waals surface area contributed by atoms with E-state index >= 15 is 0 Å². The molecule has 34 heavy (non-hydrogen) atoms. The maximum Gasteiger partial charge on any atom is 0.279 e. The summed E-state index contributed by atoms with van der Waals surface area (Å²) in [6.07, 6.45) is 7.11. The fraction of sp³-hybridized carbons (Fsp3) is 0.500. The van der Waals surface area contributed by atoms with Crippen LogP contribution in [0.2, 0.25) is 0 Å². The van der Waals surface area contributed by atoms with Crippen molar-refractivity contribution in [3.8, 4) is 11.6 Å². The van der Waals surface area contributed by atoms with Gasteiger partial charge in [-0.15, -0.1) is 0 Å². The highest BCUT2D eigenvalue weighted by atomic mass is 32.2. The SMILES string of the molecule is CN(C)S(=O)(=O)N[C@H]1CC[C@H](Nc2nccc(-n3ncc4c(OCCCO)cccc43)n2)CC1. The highest BCUT2D eigenvalue weighted by molar-refractivity contribution is 7.87. The first-order chi connectivity index (χ1) is 16.4. The number of rotatable bonds is 10. The van der Waals surface area contributed by atoms with Crippen LogP contribution in [-0.2, 0) is 10.2 Å². The molecular weight excluding hydrogens is 458 g/mol. The summed E-state index contributed by atoms with van der Waals surface area (Å²) in [5, 5.41) is 17.7. The maximum absolute atomic E-state index is 12.1. The van der Waals surface area contributed by atoms with Gasteiger partial charge < -0.3 is 15.2 Å². The minimum absolute atomic E-state index is 0.0677. The summed E-state index contributed by atoms with van der Waals surface area (Å²) in [6.45, 7) is 0.514. The zero-order valence-corrected chi connectivity index (χ0v) is 20.2. The van der Waals surface area contributed by atoms with E-state index in [1.54, 1.807) is 23.1 Å². The van der Waals surface area contributed by atoms with Gasteiger partial charge in [-0.25, -0.2) is 9.67 Å². The van der Waals surface area contributed by atoms with Crippen molar-refractivity contribution < 1.29 is 18.3 Å². The Hall–Kier alpha value is -2.80. The number of nitrogens with zero attached hydrogens (tertiary/aromatic N) is 5. The molecule has 11 nitrogen and oxygen atoms in total. The molecule has 0 radical (unpaired) electrons. The lowest BCUT2D eigenvalue weighted by Crippen LogP contribution is -2.44. The first kappa shape index (κ1) is 24.3. The third-order valence-corrected chi connectivity index (χ3v) is 7.44. The minimum atomic E-state index is -3.42. The van der Waals surface area contributed by atoms with Crippen LogP contribution in [0.4, 0.5) is 5.95 Å². The average Bonchev–Trinajstić information content (AvgIpc) is 3.26. The van der Waals surface area contributed by atoms with Crippen LogP contribution in [0.25, 0.3) is 16.7 Å². The predicted molar refractivity (Wildman–Crippen MR) is 129 cm³/mol. The van der Waals surface area contributed by atoms with Gasteiger partial charge in [0.15, 0.2) is 5.82 Å². The number of anilines is 1. The topological polar surface area (TPSA) is 135 Å². The van der Waals surface area contributed by atoms with E-state index in [9.17, 15) is 8.42 Å². The molecule has 1 saturated carbocycles. The normalized spacial score (nSPS) is 18.9. The van der Waals surface area contributed by atoms with Crippen LogP contribution >= 0.6 is 0 Å². The van der Waals surface area contributed by atoms with Crippen LogP contribution in [0, 0.1) is 0 Å². The average molecular weight is 490 g/mol. The number of hydrogen-bond acceptors (Lipinski definition) is 8. The lowest BCUT2D eigenvalue weighted by molar-refractivity contribution is 0.235. The predicted octanol–water partition coefficient (Wildman–Crippen LogP) is 1.70. The molecule has 0 bridgehead atoms. The van der Waals surface area contributed by atoms with E-state index in [0.717, 1.165) is 36.6 Å². The molecule has 2 heterocycles. The maximum atomic E-state index is 12.1. The lowest BCUT2D eigenvalue weighted by atomic mass is 9.92. The van der Waals surface area contributed by atoms with Gasteiger partial charge in [0.05, 0.1) is 23.7 Å². The minimum Gasteiger partial charge on any atom is -0.493 e. The number of hydrogen-bond donors (Lipinski definition) is 3. The molecule has 1 aromatic carbocycles. The second-order valence-electron chi connectivity index (χ2n) is 8.51. The quantitative estimate of drug-likeness (QED) is 0.366. The Morgan fingerprint density at radius 2 is 1.94 bits per heavy atom. The monoisotopic (exact) mass is 489 g/mol. The summed E-state index contributed by atoms with van der Waals surface area (Å²) in [6, 6.07) is 7.63. The Morgan fingerprint density at radius 1 is 1.18 bits per heavy atom. The number of aliphatic hydroxyl groups excluding tert-OH is 1. The van der Waals surface area contributed by atoms with Crippen LogP contribution in [-0.4, -0.2) is 77.0 Å². The first-order valence-corrected chi connectivity index (χ1v) is 12.8. The number of aromatic nitrogens is 4. The van der Waals surface area contributed by atoms with Crippen LogP contribution in [0.5, 0.6) is 5.75 Å². The van der Waals surface area contributed by atoms with Crippen molar-refractivity contribution in [2.45, 2.75) is 44.2 Å². The van der Waals surface area contributed by atoms with E-state index in [1.165, 1.54) is 18.4 Å². The van der Waals surface area contributed by atoms with E-state index in [4.69, 9.17) is 9.84 Å². The molecule has 1 fully saturated rings. The van der Waals surface area contributed by atoms with Gasteiger partial charge in [-0.1, -0.05) is 6.07 Å². The number of nitrogens with one attached hydrogen (secondary N) is 2. The van der Waals surface area contributed by atoms with E-state index < -0.39 is 10.2 Å². The van der Waals surface area contributed by atoms with Gasteiger partial charge in [0.1, 0.15) is 5.75 Å². The Kier molecular flexibility index (Phi) is 7.61. The molecule has 4 rings (SSSR count). The van der Waals surface area contributed by atoms with Crippen LogP contribution in [0.1, 0.15) is 32.1 Å². The molecule has 3 aromatic rings. The Balaban J connectivity index is 1.42. The molecule has 1 aliphatic carbocycles.